The minimum atomic E-state index is -4.43. The first-order chi connectivity index (χ1) is 13.3. The molecule has 1 aromatic carbocycles. The molecule has 0 spiro atoms. The van der Waals surface area contributed by atoms with Gasteiger partial charge in [0.05, 0.1) is 6.54 Å². The molecule has 2 N–H and O–H groups in total. The summed E-state index contributed by atoms with van der Waals surface area (Å²) in [4.78, 5) is 9.85. The lowest BCUT2D eigenvalue weighted by Crippen LogP contribution is -2.48. The van der Waals surface area contributed by atoms with Crippen LogP contribution in [0.5, 0.6) is 0 Å². The molecule has 0 amide bonds. The molecule has 10 heteroatoms. The average molecular weight is 415 g/mol. The molecule has 5 nitrogen and oxygen atoms in total. The summed E-state index contributed by atoms with van der Waals surface area (Å²) >= 11 is 0.960. The maximum atomic E-state index is 13.4. The monoisotopic (exact) mass is 415 g/mol. The van der Waals surface area contributed by atoms with Gasteiger partial charge in [-0.3, -0.25) is 4.99 Å². The Labute approximate surface area is 164 Å². The Kier molecular flexibility index (Phi) is 6.38. The Morgan fingerprint density at radius 1 is 1.32 bits per heavy atom. The molecule has 1 aromatic heterocycles. The quantitative estimate of drug-likeness (QED) is 0.455. The van der Waals surface area contributed by atoms with Crippen LogP contribution in [0, 0.1) is 5.82 Å². The van der Waals surface area contributed by atoms with Gasteiger partial charge >= 0.3 is 6.18 Å². The summed E-state index contributed by atoms with van der Waals surface area (Å²) in [6.45, 7) is 1.72. The highest BCUT2D eigenvalue weighted by atomic mass is 32.1. The molecule has 1 fully saturated rings. The van der Waals surface area contributed by atoms with Gasteiger partial charge in [0.25, 0.3) is 0 Å². The van der Waals surface area contributed by atoms with Gasteiger partial charge in [-0.1, -0.05) is 6.07 Å². The molecule has 2 heterocycles. The number of alkyl halides is 3. The number of hydrogen-bond acceptors (Lipinski definition) is 4. The van der Waals surface area contributed by atoms with E-state index in [1.165, 1.54) is 12.1 Å². The smallest absolute Gasteiger partial charge is 0.371 e. The van der Waals surface area contributed by atoms with E-state index in [2.05, 4.69) is 25.5 Å². The van der Waals surface area contributed by atoms with E-state index in [1.807, 2.05) is 6.07 Å². The van der Waals surface area contributed by atoms with Gasteiger partial charge in [-0.25, -0.2) is 9.37 Å². The second-order valence-corrected chi connectivity index (χ2v) is 7.38. The lowest BCUT2D eigenvalue weighted by atomic mass is 10.0. The number of anilines is 1. The van der Waals surface area contributed by atoms with Crippen LogP contribution in [0.3, 0.4) is 0 Å². The van der Waals surface area contributed by atoms with Crippen LogP contribution in [-0.2, 0) is 12.7 Å². The molecular weight excluding hydrogens is 394 g/mol. The Morgan fingerprint density at radius 3 is 2.68 bits per heavy atom. The van der Waals surface area contributed by atoms with Gasteiger partial charge in [-0.05, 0) is 31.0 Å². The van der Waals surface area contributed by atoms with Gasteiger partial charge in [0.2, 0.25) is 0 Å². The van der Waals surface area contributed by atoms with E-state index >= 15 is 0 Å². The number of piperidine rings is 1. The van der Waals surface area contributed by atoms with Crippen LogP contribution >= 0.6 is 11.3 Å². The second-order valence-electron chi connectivity index (χ2n) is 6.44. The van der Waals surface area contributed by atoms with E-state index in [0.29, 0.717) is 11.0 Å². The van der Waals surface area contributed by atoms with Crippen molar-refractivity contribution in [3.63, 3.8) is 0 Å². The SMILES string of the molecule is CN=C(NCc1nc(C(F)(F)F)cs1)NC1CCN(c2cccc(F)c2)CC1. The van der Waals surface area contributed by atoms with Gasteiger partial charge in [0, 0.05) is 37.2 Å². The standard InChI is InChI=1S/C18H21F4N5S/c1-23-17(24-10-16-26-15(11-28-16)18(20,21)22)25-13-5-7-27(8-6-13)14-4-2-3-12(19)9-14/h2-4,9,11,13H,5-8,10H2,1H3,(H2,23,24,25). The molecule has 152 valence electrons. The number of halogens is 4. The predicted molar refractivity (Wildman–Crippen MR) is 102 cm³/mol. The first-order valence-electron chi connectivity index (χ1n) is 8.84. The topological polar surface area (TPSA) is 52.6 Å². The first-order valence-corrected chi connectivity index (χ1v) is 9.72. The van der Waals surface area contributed by atoms with Crippen molar-refractivity contribution in [3.8, 4) is 0 Å². The zero-order valence-corrected chi connectivity index (χ0v) is 16.1. The summed E-state index contributed by atoms with van der Waals surface area (Å²) in [5.74, 6) is 0.270. The van der Waals surface area contributed by atoms with Crippen molar-refractivity contribution in [1.29, 1.82) is 0 Å². The predicted octanol–water partition coefficient (Wildman–Crippen LogP) is 3.64. The van der Waals surface area contributed by atoms with Crippen LogP contribution in [0.25, 0.3) is 0 Å². The van der Waals surface area contributed by atoms with Crippen molar-refractivity contribution in [2.75, 3.05) is 25.0 Å². The second kappa shape index (κ2) is 8.76. The Hall–Kier alpha value is -2.36. The first kappa shape index (κ1) is 20.4. The number of benzene rings is 1. The van der Waals surface area contributed by atoms with Crippen LogP contribution in [0.15, 0.2) is 34.6 Å². The molecule has 0 aliphatic carbocycles. The normalized spacial score (nSPS) is 16.3. The summed E-state index contributed by atoms with van der Waals surface area (Å²) in [7, 11) is 1.61. The van der Waals surface area contributed by atoms with E-state index < -0.39 is 11.9 Å². The van der Waals surface area contributed by atoms with Crippen LogP contribution in [0.1, 0.15) is 23.5 Å². The van der Waals surface area contributed by atoms with Crippen molar-refractivity contribution in [1.82, 2.24) is 15.6 Å². The molecule has 0 radical (unpaired) electrons. The minimum absolute atomic E-state index is 0.169. The third kappa shape index (κ3) is 5.34. The Balaban J connectivity index is 1.47. The fraction of sp³-hybridized carbons (Fsp3) is 0.444. The molecule has 2 aromatic rings. The number of thiazole rings is 1. The molecule has 28 heavy (non-hydrogen) atoms. The molecular formula is C18H21F4N5S. The summed E-state index contributed by atoms with van der Waals surface area (Å²) in [5.41, 5.74) is -0.00726. The lowest BCUT2D eigenvalue weighted by molar-refractivity contribution is -0.140. The van der Waals surface area contributed by atoms with Gasteiger partial charge in [-0.15, -0.1) is 11.3 Å². The Morgan fingerprint density at radius 2 is 2.07 bits per heavy atom. The van der Waals surface area contributed by atoms with Crippen molar-refractivity contribution in [2.45, 2.75) is 31.6 Å². The van der Waals surface area contributed by atoms with Crippen LogP contribution < -0.4 is 15.5 Å². The summed E-state index contributed by atoms with van der Waals surface area (Å²) in [6, 6.07) is 6.72. The third-order valence-electron chi connectivity index (χ3n) is 4.48. The zero-order chi connectivity index (χ0) is 20.1. The van der Waals surface area contributed by atoms with Crippen LogP contribution in [0.4, 0.5) is 23.2 Å². The number of nitrogens with zero attached hydrogens (tertiary/aromatic N) is 3. The third-order valence-corrected chi connectivity index (χ3v) is 5.33. The molecule has 0 atom stereocenters. The van der Waals surface area contributed by atoms with Crippen LogP contribution in [-0.4, -0.2) is 37.1 Å². The fourth-order valence-electron chi connectivity index (χ4n) is 3.02. The van der Waals surface area contributed by atoms with Crippen LogP contribution in [0.2, 0.25) is 0 Å². The molecule has 1 aliphatic heterocycles. The highest BCUT2D eigenvalue weighted by molar-refractivity contribution is 7.09. The van der Waals surface area contributed by atoms with Crippen molar-refractivity contribution in [2.24, 2.45) is 4.99 Å². The van der Waals surface area contributed by atoms with E-state index in [-0.39, 0.29) is 18.4 Å². The van der Waals surface area contributed by atoms with E-state index in [4.69, 9.17) is 0 Å². The molecule has 0 saturated carbocycles. The van der Waals surface area contributed by atoms with E-state index in [1.54, 1.807) is 13.1 Å². The molecule has 1 aliphatic rings. The molecule has 0 unspecified atom stereocenters. The van der Waals surface area contributed by atoms with Gasteiger partial charge in [0.15, 0.2) is 11.7 Å². The number of guanidine groups is 1. The van der Waals surface area contributed by atoms with Crippen molar-refractivity contribution < 1.29 is 17.6 Å². The summed E-state index contributed by atoms with van der Waals surface area (Å²) in [5, 5.41) is 7.65. The van der Waals surface area contributed by atoms with Gasteiger partial charge in [-0.2, -0.15) is 13.2 Å². The van der Waals surface area contributed by atoms with Gasteiger partial charge in [0.1, 0.15) is 10.8 Å². The van der Waals surface area contributed by atoms with E-state index in [0.717, 1.165) is 48.3 Å². The summed E-state index contributed by atoms with van der Waals surface area (Å²) < 4.78 is 51.2. The highest BCUT2D eigenvalue weighted by Crippen LogP contribution is 2.30. The lowest BCUT2D eigenvalue weighted by Gasteiger charge is -2.34. The zero-order valence-electron chi connectivity index (χ0n) is 15.3. The largest absolute Gasteiger partial charge is 0.434 e. The summed E-state index contributed by atoms with van der Waals surface area (Å²) in [6.07, 6.45) is -2.75. The molecule has 3 rings (SSSR count). The number of aromatic nitrogens is 1. The molecule has 0 bridgehead atoms. The fourth-order valence-corrected chi connectivity index (χ4v) is 3.77. The minimum Gasteiger partial charge on any atom is -0.371 e. The molecule has 1 saturated heterocycles. The maximum Gasteiger partial charge on any atom is 0.434 e. The number of rotatable bonds is 4. The van der Waals surface area contributed by atoms with Crippen molar-refractivity contribution in [3.05, 3.63) is 46.2 Å². The van der Waals surface area contributed by atoms with E-state index in [9.17, 15) is 17.6 Å². The Bertz CT molecular complexity index is 812. The number of aliphatic imine (C=N–C) groups is 1. The van der Waals surface area contributed by atoms with Gasteiger partial charge < -0.3 is 15.5 Å². The number of hydrogen-bond donors (Lipinski definition) is 2. The average Bonchev–Trinajstić information content (AvgIpc) is 3.15. The number of nitrogens with one attached hydrogen (secondary N) is 2. The highest BCUT2D eigenvalue weighted by Gasteiger charge is 2.33. The van der Waals surface area contributed by atoms with Crippen molar-refractivity contribution >= 4 is 23.0 Å². The maximum absolute atomic E-state index is 13.4.